The van der Waals surface area contributed by atoms with Crippen LogP contribution in [0.15, 0.2) is 24.3 Å². The Labute approximate surface area is 114 Å². The van der Waals surface area contributed by atoms with Gasteiger partial charge < -0.3 is 5.32 Å². The molecule has 2 nitrogen and oxygen atoms in total. The van der Waals surface area contributed by atoms with Gasteiger partial charge in [0.1, 0.15) is 0 Å². The highest BCUT2D eigenvalue weighted by Gasteiger charge is 2.12. The number of aryl methyl sites for hydroxylation is 1. The van der Waals surface area contributed by atoms with Gasteiger partial charge in [-0.3, -0.25) is 4.21 Å². The van der Waals surface area contributed by atoms with Gasteiger partial charge in [0, 0.05) is 28.3 Å². The standard InChI is InChI=1S/C15H25NOS/c1-4-6-11-18(17)12-15(16-3)14-9-7-13(5-2)8-10-14/h7-10,15-16H,4-6,11-12H2,1-3H3. The lowest BCUT2D eigenvalue weighted by Gasteiger charge is -2.16. The highest BCUT2D eigenvalue weighted by molar-refractivity contribution is 7.85. The molecule has 1 N–H and O–H groups in total. The smallest absolute Gasteiger partial charge is 0.0434 e. The molecule has 0 aliphatic carbocycles. The number of hydrogen-bond donors (Lipinski definition) is 1. The van der Waals surface area contributed by atoms with E-state index in [0.29, 0.717) is 5.75 Å². The van der Waals surface area contributed by atoms with Crippen molar-refractivity contribution in [1.82, 2.24) is 5.32 Å². The summed E-state index contributed by atoms with van der Waals surface area (Å²) < 4.78 is 11.9. The van der Waals surface area contributed by atoms with Crippen molar-refractivity contribution in [3.8, 4) is 0 Å². The summed E-state index contributed by atoms with van der Waals surface area (Å²) in [5.41, 5.74) is 2.58. The van der Waals surface area contributed by atoms with E-state index in [0.717, 1.165) is 25.0 Å². The molecule has 3 heteroatoms. The molecule has 0 aliphatic heterocycles. The van der Waals surface area contributed by atoms with Crippen LogP contribution in [0, 0.1) is 0 Å². The molecule has 0 radical (unpaired) electrons. The largest absolute Gasteiger partial charge is 0.312 e. The van der Waals surface area contributed by atoms with Crippen LogP contribution in [0.4, 0.5) is 0 Å². The van der Waals surface area contributed by atoms with Gasteiger partial charge in [-0.1, -0.05) is 44.5 Å². The number of benzene rings is 1. The molecule has 2 unspecified atom stereocenters. The Hall–Kier alpha value is -0.670. The second kappa shape index (κ2) is 8.44. The van der Waals surface area contributed by atoms with Crippen molar-refractivity contribution in [1.29, 1.82) is 0 Å². The van der Waals surface area contributed by atoms with E-state index < -0.39 is 10.8 Å². The van der Waals surface area contributed by atoms with E-state index >= 15 is 0 Å². The lowest BCUT2D eigenvalue weighted by atomic mass is 10.1. The van der Waals surface area contributed by atoms with Crippen molar-refractivity contribution in [3.05, 3.63) is 35.4 Å². The molecule has 0 heterocycles. The third-order valence-corrected chi connectivity index (χ3v) is 4.67. The molecule has 0 saturated heterocycles. The van der Waals surface area contributed by atoms with E-state index in [1.165, 1.54) is 11.1 Å². The lowest BCUT2D eigenvalue weighted by Crippen LogP contribution is -2.23. The first-order valence-corrected chi connectivity index (χ1v) is 8.31. The molecule has 102 valence electrons. The summed E-state index contributed by atoms with van der Waals surface area (Å²) in [5, 5.41) is 3.27. The second-order valence-electron chi connectivity index (χ2n) is 4.60. The third kappa shape index (κ3) is 4.91. The molecular weight excluding hydrogens is 242 g/mol. The first-order chi connectivity index (χ1) is 8.71. The van der Waals surface area contributed by atoms with Gasteiger partial charge in [-0.15, -0.1) is 0 Å². The van der Waals surface area contributed by atoms with Gasteiger partial charge in [0.2, 0.25) is 0 Å². The van der Waals surface area contributed by atoms with Gasteiger partial charge in [0.15, 0.2) is 0 Å². The number of hydrogen-bond acceptors (Lipinski definition) is 2. The van der Waals surface area contributed by atoms with E-state index in [9.17, 15) is 4.21 Å². The maximum absolute atomic E-state index is 11.9. The van der Waals surface area contributed by atoms with Crippen molar-refractivity contribution >= 4 is 10.8 Å². The minimum absolute atomic E-state index is 0.202. The Morgan fingerprint density at radius 3 is 2.39 bits per heavy atom. The second-order valence-corrected chi connectivity index (χ2v) is 6.22. The van der Waals surface area contributed by atoms with Crippen LogP contribution in [0.25, 0.3) is 0 Å². The Morgan fingerprint density at radius 2 is 1.89 bits per heavy atom. The van der Waals surface area contributed by atoms with E-state index in [-0.39, 0.29) is 6.04 Å². The van der Waals surface area contributed by atoms with Crippen LogP contribution in [-0.4, -0.2) is 22.8 Å². The predicted octanol–water partition coefficient (Wildman–Crippen LogP) is 3.06. The van der Waals surface area contributed by atoms with Crippen LogP contribution < -0.4 is 5.32 Å². The van der Waals surface area contributed by atoms with Crippen molar-refractivity contribution in [2.75, 3.05) is 18.6 Å². The summed E-state index contributed by atoms with van der Waals surface area (Å²) in [6.07, 6.45) is 3.23. The zero-order valence-corrected chi connectivity index (χ0v) is 12.6. The van der Waals surface area contributed by atoms with Crippen LogP contribution >= 0.6 is 0 Å². The van der Waals surface area contributed by atoms with Gasteiger partial charge in [-0.25, -0.2) is 0 Å². The summed E-state index contributed by atoms with van der Waals surface area (Å²) in [5.74, 6) is 1.53. The Kier molecular flexibility index (Phi) is 7.21. The number of nitrogens with one attached hydrogen (secondary N) is 1. The molecule has 2 atom stereocenters. The molecule has 0 bridgehead atoms. The highest BCUT2D eigenvalue weighted by atomic mass is 32.2. The van der Waals surface area contributed by atoms with E-state index in [1.54, 1.807) is 0 Å². The third-order valence-electron chi connectivity index (χ3n) is 3.22. The molecule has 0 saturated carbocycles. The minimum atomic E-state index is -0.720. The Morgan fingerprint density at radius 1 is 1.22 bits per heavy atom. The fraction of sp³-hybridized carbons (Fsp3) is 0.600. The summed E-state index contributed by atoms with van der Waals surface area (Å²) >= 11 is 0. The molecule has 18 heavy (non-hydrogen) atoms. The van der Waals surface area contributed by atoms with Crippen LogP contribution in [0.5, 0.6) is 0 Å². The van der Waals surface area contributed by atoms with Crippen molar-refractivity contribution in [3.63, 3.8) is 0 Å². The predicted molar refractivity (Wildman–Crippen MR) is 80.4 cm³/mol. The molecular formula is C15H25NOS. The first-order valence-electron chi connectivity index (χ1n) is 6.82. The van der Waals surface area contributed by atoms with E-state index in [2.05, 4.69) is 43.4 Å². The maximum atomic E-state index is 11.9. The summed E-state index contributed by atoms with van der Waals surface area (Å²) in [6, 6.07) is 8.82. The van der Waals surface area contributed by atoms with Gasteiger partial charge in [0.05, 0.1) is 0 Å². The summed E-state index contributed by atoms with van der Waals surface area (Å²) in [6.45, 7) is 4.29. The average molecular weight is 267 g/mol. The minimum Gasteiger partial charge on any atom is -0.312 e. The van der Waals surface area contributed by atoms with Gasteiger partial charge in [-0.05, 0) is 31.0 Å². The fourth-order valence-electron chi connectivity index (χ4n) is 1.91. The van der Waals surface area contributed by atoms with E-state index in [4.69, 9.17) is 0 Å². The zero-order valence-electron chi connectivity index (χ0n) is 11.7. The molecule has 1 rings (SSSR count). The topological polar surface area (TPSA) is 29.1 Å². The molecule has 1 aromatic carbocycles. The molecule has 0 aliphatic rings. The van der Waals surface area contributed by atoms with E-state index in [1.807, 2.05) is 7.05 Å². The van der Waals surface area contributed by atoms with Gasteiger partial charge in [0.25, 0.3) is 0 Å². The molecule has 0 spiro atoms. The fourth-order valence-corrected chi connectivity index (χ4v) is 3.41. The summed E-state index contributed by atoms with van der Waals surface area (Å²) in [7, 11) is 1.22. The SMILES string of the molecule is CCCCS(=O)CC(NC)c1ccc(CC)cc1. The maximum Gasteiger partial charge on any atom is 0.0434 e. The molecule has 0 fully saturated rings. The van der Waals surface area contributed by atoms with Crippen LogP contribution in [-0.2, 0) is 17.2 Å². The lowest BCUT2D eigenvalue weighted by molar-refractivity contribution is 0.633. The molecule has 0 amide bonds. The van der Waals surface area contributed by atoms with Crippen LogP contribution in [0.3, 0.4) is 0 Å². The number of unbranched alkanes of at least 4 members (excludes halogenated alkanes) is 1. The highest BCUT2D eigenvalue weighted by Crippen LogP contribution is 2.15. The first kappa shape index (κ1) is 15.4. The van der Waals surface area contributed by atoms with Gasteiger partial charge >= 0.3 is 0 Å². The van der Waals surface area contributed by atoms with Crippen LogP contribution in [0.1, 0.15) is 43.9 Å². The molecule has 0 aromatic heterocycles. The van der Waals surface area contributed by atoms with Crippen LogP contribution in [0.2, 0.25) is 0 Å². The van der Waals surface area contributed by atoms with Crippen molar-refractivity contribution in [2.24, 2.45) is 0 Å². The normalized spacial score (nSPS) is 14.4. The van der Waals surface area contributed by atoms with Crippen molar-refractivity contribution in [2.45, 2.75) is 39.2 Å². The average Bonchev–Trinajstić information content (AvgIpc) is 2.42. The summed E-state index contributed by atoms with van der Waals surface area (Å²) in [4.78, 5) is 0. The zero-order chi connectivity index (χ0) is 13.4. The van der Waals surface area contributed by atoms with Gasteiger partial charge in [-0.2, -0.15) is 0 Å². The monoisotopic (exact) mass is 267 g/mol. The Balaban J connectivity index is 2.61. The van der Waals surface area contributed by atoms with Crippen molar-refractivity contribution < 1.29 is 4.21 Å². The quantitative estimate of drug-likeness (QED) is 0.784. The Bertz CT molecular complexity index is 361. The molecule has 1 aromatic rings. The number of rotatable bonds is 8.